The van der Waals surface area contributed by atoms with Crippen LogP contribution in [-0.2, 0) is 4.74 Å². The SMILES string of the molecule is O=C(OCCC[Si])c1cc(O)ccc1I. The van der Waals surface area contributed by atoms with Gasteiger partial charge in [-0.15, -0.1) is 0 Å². The average Bonchev–Trinajstić information content (AvgIpc) is 2.22. The Kier molecular flexibility index (Phi) is 5.10. The third-order valence-electron chi connectivity index (χ3n) is 1.72. The van der Waals surface area contributed by atoms with Gasteiger partial charge in [-0.3, -0.25) is 0 Å². The minimum atomic E-state index is -0.393. The summed E-state index contributed by atoms with van der Waals surface area (Å²) in [5.41, 5.74) is 0.407. The predicted molar refractivity (Wildman–Crippen MR) is 66.3 cm³/mol. The van der Waals surface area contributed by atoms with Crippen LogP contribution >= 0.6 is 22.6 Å². The first-order valence-corrected chi connectivity index (χ1v) is 6.24. The van der Waals surface area contributed by atoms with E-state index in [1.807, 2.05) is 22.6 Å². The van der Waals surface area contributed by atoms with Gasteiger partial charge in [-0.2, -0.15) is 0 Å². The Morgan fingerprint density at radius 1 is 1.53 bits per heavy atom. The van der Waals surface area contributed by atoms with Crippen molar-refractivity contribution in [2.24, 2.45) is 0 Å². The van der Waals surface area contributed by atoms with E-state index in [9.17, 15) is 9.90 Å². The maximum Gasteiger partial charge on any atom is 0.339 e. The summed E-state index contributed by atoms with van der Waals surface area (Å²) >= 11 is 2.03. The zero-order chi connectivity index (χ0) is 11.3. The minimum Gasteiger partial charge on any atom is -0.508 e. The molecule has 1 N–H and O–H groups in total. The third kappa shape index (κ3) is 3.82. The highest BCUT2D eigenvalue weighted by molar-refractivity contribution is 14.1. The summed E-state index contributed by atoms with van der Waals surface area (Å²) in [5.74, 6) is -0.321. The topological polar surface area (TPSA) is 46.5 Å². The minimum absolute atomic E-state index is 0.0717. The van der Waals surface area contributed by atoms with Gasteiger partial charge in [-0.25, -0.2) is 4.79 Å². The third-order valence-corrected chi connectivity index (χ3v) is 3.02. The number of carbonyl (C=O) groups excluding carboxylic acids is 1. The number of phenols is 1. The number of benzene rings is 1. The van der Waals surface area contributed by atoms with E-state index in [1.165, 1.54) is 12.1 Å². The summed E-state index contributed by atoms with van der Waals surface area (Å²) in [5, 5.41) is 9.24. The molecule has 0 saturated carbocycles. The lowest BCUT2D eigenvalue weighted by Crippen LogP contribution is -2.08. The van der Waals surface area contributed by atoms with E-state index in [-0.39, 0.29) is 5.75 Å². The van der Waals surface area contributed by atoms with Crippen molar-refractivity contribution in [1.82, 2.24) is 0 Å². The van der Waals surface area contributed by atoms with Gasteiger partial charge in [-0.1, -0.05) is 6.04 Å². The van der Waals surface area contributed by atoms with Crippen molar-refractivity contribution >= 4 is 38.8 Å². The molecule has 3 radical (unpaired) electrons. The number of esters is 1. The molecule has 3 nitrogen and oxygen atoms in total. The Morgan fingerprint density at radius 3 is 2.93 bits per heavy atom. The zero-order valence-corrected chi connectivity index (χ0v) is 11.2. The molecule has 79 valence electrons. The molecule has 0 amide bonds. The lowest BCUT2D eigenvalue weighted by molar-refractivity contribution is 0.0503. The summed E-state index contributed by atoms with van der Waals surface area (Å²) in [6, 6.07) is 5.43. The number of carbonyl (C=O) groups is 1. The molecule has 0 bridgehead atoms. The lowest BCUT2D eigenvalue weighted by Gasteiger charge is -2.05. The molecule has 5 heteroatoms. The van der Waals surface area contributed by atoms with E-state index >= 15 is 0 Å². The molecule has 1 aromatic rings. The van der Waals surface area contributed by atoms with Crippen molar-refractivity contribution in [3.8, 4) is 5.75 Å². The molecule has 0 atom stereocenters. The molecule has 0 aromatic heterocycles. The summed E-state index contributed by atoms with van der Waals surface area (Å²) in [4.78, 5) is 11.5. The molecule has 0 aliphatic carbocycles. The summed E-state index contributed by atoms with van der Waals surface area (Å²) in [6.45, 7) is 0.383. The Labute approximate surface area is 105 Å². The van der Waals surface area contributed by atoms with Gasteiger partial charge >= 0.3 is 5.97 Å². The summed E-state index contributed by atoms with van der Waals surface area (Å²) in [7, 11) is 3.29. The zero-order valence-electron chi connectivity index (χ0n) is 8.00. The van der Waals surface area contributed by atoms with Crippen LogP contribution in [0.1, 0.15) is 16.8 Å². The smallest absolute Gasteiger partial charge is 0.339 e. The molecule has 0 spiro atoms. The van der Waals surface area contributed by atoms with Crippen molar-refractivity contribution in [2.75, 3.05) is 6.61 Å². The normalized spacial score (nSPS) is 10.0. The number of hydrogen-bond acceptors (Lipinski definition) is 3. The number of rotatable bonds is 4. The Morgan fingerprint density at radius 2 is 2.27 bits per heavy atom. The second kappa shape index (κ2) is 6.11. The largest absolute Gasteiger partial charge is 0.508 e. The molecule has 0 saturated heterocycles. The van der Waals surface area contributed by atoms with Gasteiger partial charge in [0.15, 0.2) is 0 Å². The van der Waals surface area contributed by atoms with Crippen molar-refractivity contribution in [2.45, 2.75) is 12.5 Å². The standard InChI is InChI=1S/C10H10IO3Si/c11-9-3-2-7(12)6-8(9)10(13)14-4-1-5-15/h2-3,6,12H,1,4-5H2. The van der Waals surface area contributed by atoms with Gasteiger partial charge in [0.25, 0.3) is 0 Å². The molecule has 1 aromatic carbocycles. The van der Waals surface area contributed by atoms with E-state index < -0.39 is 5.97 Å². The fourth-order valence-electron chi connectivity index (χ4n) is 0.984. The van der Waals surface area contributed by atoms with Crippen LogP contribution in [0.5, 0.6) is 5.75 Å². The first kappa shape index (κ1) is 12.5. The molecular weight excluding hydrogens is 323 g/mol. The quantitative estimate of drug-likeness (QED) is 0.397. The van der Waals surface area contributed by atoms with Gasteiger partial charge in [-0.05, 0) is 47.2 Å². The summed E-state index contributed by atoms with van der Waals surface area (Å²) < 4.78 is 5.79. The first-order valence-electron chi connectivity index (χ1n) is 4.45. The van der Waals surface area contributed by atoms with E-state index in [1.54, 1.807) is 6.07 Å². The van der Waals surface area contributed by atoms with Crippen molar-refractivity contribution in [1.29, 1.82) is 0 Å². The Bertz CT molecular complexity index is 355. The average molecular weight is 333 g/mol. The van der Waals surface area contributed by atoms with Crippen LogP contribution in [0, 0.1) is 3.57 Å². The molecule has 1 rings (SSSR count). The van der Waals surface area contributed by atoms with Crippen LogP contribution in [-0.4, -0.2) is 27.9 Å². The fraction of sp³-hybridized carbons (Fsp3) is 0.300. The molecule has 0 aliphatic heterocycles. The lowest BCUT2D eigenvalue weighted by atomic mass is 10.2. The van der Waals surface area contributed by atoms with Crippen molar-refractivity contribution in [3.05, 3.63) is 27.3 Å². The van der Waals surface area contributed by atoms with Crippen LogP contribution in [0.25, 0.3) is 0 Å². The maximum atomic E-state index is 11.5. The number of halogens is 1. The number of phenolic OH excluding ortho intramolecular Hbond substituents is 1. The molecule has 0 fully saturated rings. The van der Waals surface area contributed by atoms with Crippen molar-refractivity contribution < 1.29 is 14.6 Å². The molecule has 0 heterocycles. The van der Waals surface area contributed by atoms with Gasteiger partial charge < -0.3 is 9.84 Å². The first-order chi connectivity index (χ1) is 7.15. The molecule has 15 heavy (non-hydrogen) atoms. The van der Waals surface area contributed by atoms with Gasteiger partial charge in [0, 0.05) is 13.8 Å². The van der Waals surface area contributed by atoms with Crippen LogP contribution in [0.4, 0.5) is 0 Å². The highest BCUT2D eigenvalue weighted by Gasteiger charge is 2.11. The fourth-order valence-corrected chi connectivity index (χ4v) is 1.68. The van der Waals surface area contributed by atoms with E-state index in [0.29, 0.717) is 12.2 Å². The van der Waals surface area contributed by atoms with E-state index in [0.717, 1.165) is 16.0 Å². The van der Waals surface area contributed by atoms with E-state index in [2.05, 4.69) is 10.2 Å². The second-order valence-electron chi connectivity index (χ2n) is 2.90. The van der Waals surface area contributed by atoms with Crippen molar-refractivity contribution in [3.63, 3.8) is 0 Å². The van der Waals surface area contributed by atoms with Gasteiger partial charge in [0.2, 0.25) is 0 Å². The number of aromatic hydroxyl groups is 1. The maximum absolute atomic E-state index is 11.5. The Balaban J connectivity index is 2.68. The highest BCUT2D eigenvalue weighted by Crippen LogP contribution is 2.19. The monoisotopic (exact) mass is 333 g/mol. The molecule has 0 unspecified atom stereocenters. The highest BCUT2D eigenvalue weighted by atomic mass is 127. The van der Waals surface area contributed by atoms with Crippen LogP contribution < -0.4 is 0 Å². The van der Waals surface area contributed by atoms with Gasteiger partial charge in [0.05, 0.1) is 12.2 Å². The second-order valence-corrected chi connectivity index (χ2v) is 4.57. The Hall–Kier alpha value is -0.563. The molecular formula is C10H10IO3Si. The van der Waals surface area contributed by atoms with Crippen LogP contribution in [0.15, 0.2) is 18.2 Å². The molecule has 0 aliphatic rings. The number of hydrogen-bond donors (Lipinski definition) is 1. The van der Waals surface area contributed by atoms with Gasteiger partial charge in [0.1, 0.15) is 5.75 Å². The van der Waals surface area contributed by atoms with Crippen LogP contribution in [0.2, 0.25) is 6.04 Å². The predicted octanol–water partition coefficient (Wildman–Crippen LogP) is 2.13. The summed E-state index contributed by atoms with van der Waals surface area (Å²) in [6.07, 6.45) is 0.776. The van der Waals surface area contributed by atoms with E-state index in [4.69, 9.17) is 4.74 Å². The van der Waals surface area contributed by atoms with Crippen LogP contribution in [0.3, 0.4) is 0 Å². The number of ether oxygens (including phenoxy) is 1.